The lowest BCUT2D eigenvalue weighted by atomic mass is 9.78. The second-order valence-electron chi connectivity index (χ2n) is 4.16. The number of hydrogen-bond donors (Lipinski definition) is 0. The Morgan fingerprint density at radius 2 is 2.36 bits per heavy atom. The lowest BCUT2D eigenvalue weighted by Crippen LogP contribution is -2.35. The monoisotopic (exact) mass is 194 g/mol. The van der Waals surface area contributed by atoms with Gasteiger partial charge in [-0.25, -0.2) is 0 Å². The fraction of sp³-hybridized carbons (Fsp3) is 0.636. The molecular weight excluding hydrogens is 175 g/mol. The highest BCUT2D eigenvalue weighted by atomic mass is 16.6. The maximum Gasteiger partial charge on any atom is 0.461 e. The fourth-order valence-corrected chi connectivity index (χ4v) is 1.60. The van der Waals surface area contributed by atoms with E-state index >= 15 is 0 Å². The molecule has 0 bridgehead atoms. The predicted octanol–water partition coefficient (Wildman–Crippen LogP) is 2.82. The van der Waals surface area contributed by atoms with Gasteiger partial charge in [0.2, 0.25) is 0 Å². The zero-order chi connectivity index (χ0) is 10.7. The van der Waals surface area contributed by atoms with Crippen molar-refractivity contribution < 1.29 is 9.31 Å². The maximum absolute atomic E-state index is 5.78. The summed E-state index contributed by atoms with van der Waals surface area (Å²) in [6.07, 6.45) is 3.26. The summed E-state index contributed by atoms with van der Waals surface area (Å²) < 4.78 is 11.4. The predicted molar refractivity (Wildman–Crippen MR) is 60.2 cm³/mol. The molecule has 1 atom stereocenters. The van der Waals surface area contributed by atoms with E-state index in [4.69, 9.17) is 9.31 Å². The van der Waals surface area contributed by atoms with Crippen LogP contribution in [0.15, 0.2) is 23.8 Å². The van der Waals surface area contributed by atoms with Crippen molar-refractivity contribution in [2.45, 2.75) is 46.2 Å². The molecule has 14 heavy (non-hydrogen) atoms. The molecule has 0 saturated heterocycles. The number of allylic oxidation sites excluding steroid dienone is 1. The average Bonchev–Trinajstić information content (AvgIpc) is 2.07. The molecule has 0 N–H and O–H groups in total. The summed E-state index contributed by atoms with van der Waals surface area (Å²) in [5.74, 6) is 0. The third kappa shape index (κ3) is 3.00. The van der Waals surface area contributed by atoms with Crippen LogP contribution in [0.5, 0.6) is 0 Å². The van der Waals surface area contributed by atoms with Gasteiger partial charge in [-0.05, 0) is 38.8 Å². The second kappa shape index (κ2) is 4.81. The van der Waals surface area contributed by atoms with Gasteiger partial charge in [0.25, 0.3) is 0 Å². The van der Waals surface area contributed by atoms with Crippen molar-refractivity contribution in [2.75, 3.05) is 0 Å². The molecule has 1 aliphatic heterocycles. The zero-order valence-electron chi connectivity index (χ0n) is 9.54. The Bertz CT molecular complexity index is 246. The Morgan fingerprint density at radius 3 is 2.86 bits per heavy atom. The first kappa shape index (κ1) is 11.5. The van der Waals surface area contributed by atoms with Crippen molar-refractivity contribution in [2.24, 2.45) is 0 Å². The van der Waals surface area contributed by atoms with Crippen LogP contribution in [0.3, 0.4) is 0 Å². The van der Waals surface area contributed by atoms with Gasteiger partial charge < -0.3 is 9.31 Å². The first-order valence-electron chi connectivity index (χ1n) is 5.13. The van der Waals surface area contributed by atoms with Crippen molar-refractivity contribution in [3.8, 4) is 0 Å². The van der Waals surface area contributed by atoms with Crippen LogP contribution in [-0.2, 0) is 9.31 Å². The molecule has 1 aliphatic rings. The highest BCUT2D eigenvalue weighted by Gasteiger charge is 2.28. The minimum atomic E-state index is -0.111. The highest BCUT2D eigenvalue weighted by Crippen LogP contribution is 2.23. The van der Waals surface area contributed by atoms with Crippen LogP contribution in [0.2, 0.25) is 6.32 Å². The van der Waals surface area contributed by atoms with Crippen LogP contribution >= 0.6 is 0 Å². The van der Waals surface area contributed by atoms with E-state index < -0.39 is 0 Å². The second-order valence-corrected chi connectivity index (χ2v) is 4.16. The molecule has 1 rings (SSSR count). The SMILES string of the molecule is C=C(C)[C@@H]1OB(OC(C)C)CC=C1C. The third-order valence-electron chi connectivity index (χ3n) is 2.21. The molecule has 78 valence electrons. The van der Waals surface area contributed by atoms with E-state index in [2.05, 4.69) is 19.6 Å². The molecule has 0 aliphatic carbocycles. The molecule has 0 saturated carbocycles. The van der Waals surface area contributed by atoms with Crippen LogP contribution in [-0.4, -0.2) is 19.3 Å². The Morgan fingerprint density at radius 1 is 1.71 bits per heavy atom. The Hall–Kier alpha value is -0.535. The van der Waals surface area contributed by atoms with Crippen LogP contribution in [0.4, 0.5) is 0 Å². The summed E-state index contributed by atoms with van der Waals surface area (Å²) in [6, 6.07) is 0. The normalized spacial score (nSPS) is 22.5. The van der Waals surface area contributed by atoms with E-state index in [1.54, 1.807) is 0 Å². The van der Waals surface area contributed by atoms with Crippen molar-refractivity contribution in [3.05, 3.63) is 23.8 Å². The average molecular weight is 194 g/mol. The molecule has 0 unspecified atom stereocenters. The van der Waals surface area contributed by atoms with Gasteiger partial charge in [-0.15, -0.1) is 0 Å². The minimum absolute atomic E-state index is 0.0347. The fourth-order valence-electron chi connectivity index (χ4n) is 1.60. The number of rotatable bonds is 3. The van der Waals surface area contributed by atoms with E-state index in [9.17, 15) is 0 Å². The molecule has 0 aromatic heterocycles. The third-order valence-corrected chi connectivity index (χ3v) is 2.21. The molecule has 0 radical (unpaired) electrons. The Labute approximate surface area is 87.1 Å². The van der Waals surface area contributed by atoms with E-state index in [-0.39, 0.29) is 19.3 Å². The summed E-state index contributed by atoms with van der Waals surface area (Å²) >= 11 is 0. The van der Waals surface area contributed by atoms with Gasteiger partial charge in [0.1, 0.15) is 0 Å². The van der Waals surface area contributed by atoms with Gasteiger partial charge >= 0.3 is 7.12 Å². The molecule has 0 amide bonds. The molecule has 0 fully saturated rings. The highest BCUT2D eigenvalue weighted by molar-refractivity contribution is 6.45. The van der Waals surface area contributed by atoms with E-state index in [0.29, 0.717) is 0 Å². The van der Waals surface area contributed by atoms with E-state index in [0.717, 1.165) is 11.9 Å². The quantitative estimate of drug-likeness (QED) is 0.508. The van der Waals surface area contributed by atoms with Gasteiger partial charge in [-0.1, -0.05) is 12.7 Å². The molecule has 0 aromatic rings. The van der Waals surface area contributed by atoms with Crippen molar-refractivity contribution in [1.82, 2.24) is 0 Å². The first-order chi connectivity index (χ1) is 6.50. The summed E-state index contributed by atoms with van der Waals surface area (Å²) in [5.41, 5.74) is 2.27. The largest absolute Gasteiger partial charge is 0.461 e. The molecule has 2 nitrogen and oxygen atoms in total. The van der Waals surface area contributed by atoms with Crippen LogP contribution in [0, 0.1) is 0 Å². The Balaban J connectivity index is 2.60. The Kier molecular flexibility index (Phi) is 3.96. The van der Waals surface area contributed by atoms with Crippen LogP contribution in [0.1, 0.15) is 27.7 Å². The topological polar surface area (TPSA) is 18.5 Å². The van der Waals surface area contributed by atoms with E-state index in [1.807, 2.05) is 20.8 Å². The van der Waals surface area contributed by atoms with Crippen LogP contribution < -0.4 is 0 Å². The van der Waals surface area contributed by atoms with Crippen molar-refractivity contribution >= 4 is 7.12 Å². The summed E-state index contributed by atoms with van der Waals surface area (Å²) in [6.45, 7) is 12.0. The summed E-state index contributed by atoms with van der Waals surface area (Å²) in [5, 5.41) is 0. The molecule has 0 spiro atoms. The first-order valence-corrected chi connectivity index (χ1v) is 5.13. The smallest absolute Gasteiger partial charge is 0.409 e. The molecule has 1 heterocycles. The molecule has 3 heteroatoms. The molecule has 0 aromatic carbocycles. The lowest BCUT2D eigenvalue weighted by molar-refractivity contribution is 0.139. The van der Waals surface area contributed by atoms with Gasteiger partial charge in [-0.3, -0.25) is 0 Å². The van der Waals surface area contributed by atoms with Crippen molar-refractivity contribution in [3.63, 3.8) is 0 Å². The summed E-state index contributed by atoms with van der Waals surface area (Å²) in [4.78, 5) is 0. The maximum atomic E-state index is 5.78. The van der Waals surface area contributed by atoms with Crippen LogP contribution in [0.25, 0.3) is 0 Å². The van der Waals surface area contributed by atoms with Crippen molar-refractivity contribution in [1.29, 1.82) is 0 Å². The summed E-state index contributed by atoms with van der Waals surface area (Å²) in [7, 11) is -0.111. The zero-order valence-corrected chi connectivity index (χ0v) is 9.54. The van der Waals surface area contributed by atoms with Gasteiger partial charge in [0, 0.05) is 12.4 Å². The lowest BCUT2D eigenvalue weighted by Gasteiger charge is -2.28. The van der Waals surface area contributed by atoms with Gasteiger partial charge in [0.05, 0.1) is 6.10 Å². The van der Waals surface area contributed by atoms with Gasteiger partial charge in [0.15, 0.2) is 0 Å². The minimum Gasteiger partial charge on any atom is -0.409 e. The molecular formula is C11H19BO2. The number of hydrogen-bond acceptors (Lipinski definition) is 2. The van der Waals surface area contributed by atoms with Gasteiger partial charge in [-0.2, -0.15) is 0 Å². The van der Waals surface area contributed by atoms with E-state index in [1.165, 1.54) is 5.57 Å². The standard InChI is InChI=1S/C11H19BO2/c1-8(2)11-10(5)6-7-12(14-11)13-9(3)4/h6,9,11H,1,7H2,2-5H3/t11-/m0/s1.